The number of piperidine rings is 1. The van der Waals surface area contributed by atoms with Gasteiger partial charge in [-0.15, -0.1) is 0 Å². The van der Waals surface area contributed by atoms with Crippen molar-refractivity contribution in [3.05, 3.63) is 54.5 Å². The highest BCUT2D eigenvalue weighted by Crippen LogP contribution is 2.42. The van der Waals surface area contributed by atoms with E-state index in [-0.39, 0.29) is 5.41 Å². The molecule has 1 saturated heterocycles. The lowest BCUT2D eigenvalue weighted by Gasteiger charge is -2.40. The molecule has 1 aliphatic heterocycles. The van der Waals surface area contributed by atoms with Gasteiger partial charge in [-0.1, -0.05) is 26.3 Å². The Kier molecular flexibility index (Phi) is 6.53. The molecule has 1 aliphatic carbocycles. The Hall–Kier alpha value is -3.85. The van der Waals surface area contributed by atoms with Crippen LogP contribution in [0.5, 0.6) is 5.88 Å². The summed E-state index contributed by atoms with van der Waals surface area (Å²) in [7, 11) is 1.60. The summed E-state index contributed by atoms with van der Waals surface area (Å²) >= 11 is 0. The number of pyridine rings is 3. The Balaban J connectivity index is 1.41. The molecule has 2 aliphatic rings. The molecule has 4 aromatic heterocycles. The van der Waals surface area contributed by atoms with Gasteiger partial charge < -0.3 is 20.7 Å². The highest BCUT2D eigenvalue weighted by atomic mass is 16.5. The highest BCUT2D eigenvalue weighted by molar-refractivity contribution is 5.93. The van der Waals surface area contributed by atoms with Crippen molar-refractivity contribution in [1.29, 1.82) is 0 Å². The van der Waals surface area contributed by atoms with Gasteiger partial charge in [0.15, 0.2) is 5.82 Å². The summed E-state index contributed by atoms with van der Waals surface area (Å²) in [4.78, 5) is 23.6. The molecular formula is C29H34N8O. The molecule has 0 spiro atoms. The Morgan fingerprint density at radius 2 is 1.92 bits per heavy atom. The predicted molar refractivity (Wildman–Crippen MR) is 150 cm³/mol. The van der Waals surface area contributed by atoms with Gasteiger partial charge in [0.05, 0.1) is 18.8 Å². The number of aromatic nitrogens is 5. The summed E-state index contributed by atoms with van der Waals surface area (Å²) in [5.74, 6) is 3.91. The van der Waals surface area contributed by atoms with E-state index in [0.717, 1.165) is 41.8 Å². The van der Waals surface area contributed by atoms with Crippen molar-refractivity contribution >= 4 is 28.4 Å². The highest BCUT2D eigenvalue weighted by Gasteiger charge is 2.33. The average Bonchev–Trinajstić information content (AvgIpc) is 2.89. The largest absolute Gasteiger partial charge is 0.481 e. The first kappa shape index (κ1) is 24.5. The summed E-state index contributed by atoms with van der Waals surface area (Å²) in [6, 6.07) is 9.75. The van der Waals surface area contributed by atoms with E-state index in [9.17, 15) is 0 Å². The molecule has 0 aromatic carbocycles. The van der Waals surface area contributed by atoms with Crippen LogP contribution in [0, 0.1) is 5.41 Å². The van der Waals surface area contributed by atoms with Crippen molar-refractivity contribution in [2.75, 3.05) is 30.8 Å². The van der Waals surface area contributed by atoms with Gasteiger partial charge in [0.1, 0.15) is 17.5 Å². The van der Waals surface area contributed by atoms with Crippen LogP contribution in [0.15, 0.2) is 48.9 Å². The molecule has 2 fully saturated rings. The second kappa shape index (κ2) is 10.1. The molecule has 38 heavy (non-hydrogen) atoms. The summed E-state index contributed by atoms with van der Waals surface area (Å²) < 4.78 is 5.25. The molecular weight excluding hydrogens is 476 g/mol. The van der Waals surface area contributed by atoms with Crippen molar-refractivity contribution in [1.82, 2.24) is 30.2 Å². The number of nitrogens with one attached hydrogen (secondary N) is 3. The van der Waals surface area contributed by atoms with Gasteiger partial charge in [0.2, 0.25) is 5.88 Å². The molecule has 0 radical (unpaired) electrons. The van der Waals surface area contributed by atoms with Crippen LogP contribution in [0.2, 0.25) is 0 Å². The molecule has 3 N–H and O–H groups in total. The molecule has 0 amide bonds. The van der Waals surface area contributed by atoms with E-state index in [2.05, 4.69) is 44.7 Å². The van der Waals surface area contributed by atoms with Gasteiger partial charge in [-0.05, 0) is 60.9 Å². The van der Waals surface area contributed by atoms with Crippen LogP contribution in [0.4, 0.5) is 17.5 Å². The summed E-state index contributed by atoms with van der Waals surface area (Å²) in [6.45, 7) is 6.58. The third-order valence-corrected chi connectivity index (χ3v) is 7.83. The second-order valence-corrected chi connectivity index (χ2v) is 10.9. The molecule has 6 rings (SSSR count). The molecule has 196 valence electrons. The maximum atomic E-state index is 5.25. The van der Waals surface area contributed by atoms with Crippen LogP contribution in [-0.4, -0.2) is 51.2 Å². The summed E-state index contributed by atoms with van der Waals surface area (Å²) in [5, 5.41) is 11.8. The van der Waals surface area contributed by atoms with E-state index in [0.29, 0.717) is 35.3 Å². The standard InChI is InChI=1S/C29H34N8O/c1-29(2)17-30-12-11-22(29)34-28-26-20(18-6-4-7-18)15-31-16-21(26)33-27(37-28)19-10-13-32-24(14-19)35-23-8-5-9-25(36-23)38-3/h5,8-10,13-16,18,22,30H,4,6-7,11-12,17H2,1-3H3,(H,32,35,36)(H,33,34,37). The topological polar surface area (TPSA) is 110 Å². The molecule has 0 bridgehead atoms. The average molecular weight is 511 g/mol. The zero-order valence-corrected chi connectivity index (χ0v) is 22.2. The van der Waals surface area contributed by atoms with Crippen molar-refractivity contribution in [2.24, 2.45) is 5.41 Å². The van der Waals surface area contributed by atoms with E-state index in [1.54, 1.807) is 13.3 Å². The van der Waals surface area contributed by atoms with Crippen molar-refractivity contribution in [2.45, 2.75) is 51.5 Å². The van der Waals surface area contributed by atoms with Crippen LogP contribution in [0.25, 0.3) is 22.3 Å². The van der Waals surface area contributed by atoms with Gasteiger partial charge in [0, 0.05) is 42.0 Å². The fraction of sp³-hybridized carbons (Fsp3) is 0.414. The Morgan fingerprint density at radius 3 is 2.71 bits per heavy atom. The first-order chi connectivity index (χ1) is 18.5. The Bertz CT molecular complexity index is 1450. The van der Waals surface area contributed by atoms with Gasteiger partial charge in [-0.2, -0.15) is 4.98 Å². The SMILES string of the molecule is COc1cccc(Nc2cc(-c3nc(NC4CCNCC4(C)C)c4c(C5CCC5)cncc4n3)ccn2)n1. The van der Waals surface area contributed by atoms with E-state index in [1.165, 1.54) is 24.8 Å². The van der Waals surface area contributed by atoms with Crippen LogP contribution in [0.1, 0.15) is 51.0 Å². The fourth-order valence-corrected chi connectivity index (χ4v) is 5.34. The van der Waals surface area contributed by atoms with Gasteiger partial charge in [-0.25, -0.2) is 15.0 Å². The van der Waals surface area contributed by atoms with Crippen LogP contribution in [-0.2, 0) is 0 Å². The van der Waals surface area contributed by atoms with Gasteiger partial charge in [-0.3, -0.25) is 4.98 Å². The minimum atomic E-state index is 0.0941. The van der Waals surface area contributed by atoms with Crippen molar-refractivity contribution in [3.63, 3.8) is 0 Å². The molecule has 4 aromatic rings. The number of hydrogen-bond donors (Lipinski definition) is 3. The third kappa shape index (κ3) is 4.86. The van der Waals surface area contributed by atoms with Crippen LogP contribution >= 0.6 is 0 Å². The monoisotopic (exact) mass is 510 g/mol. The number of nitrogens with zero attached hydrogens (tertiary/aromatic N) is 5. The molecule has 1 unspecified atom stereocenters. The third-order valence-electron chi connectivity index (χ3n) is 7.83. The number of hydrogen-bond acceptors (Lipinski definition) is 9. The molecule has 1 saturated carbocycles. The molecule has 1 atom stereocenters. The number of anilines is 3. The number of methoxy groups -OCH3 is 1. The van der Waals surface area contributed by atoms with Gasteiger partial charge >= 0.3 is 0 Å². The molecule has 5 heterocycles. The summed E-state index contributed by atoms with van der Waals surface area (Å²) in [6.07, 6.45) is 10.3. The minimum absolute atomic E-state index is 0.0941. The lowest BCUT2D eigenvalue weighted by atomic mass is 9.78. The van der Waals surface area contributed by atoms with E-state index < -0.39 is 0 Å². The lowest BCUT2D eigenvalue weighted by molar-refractivity contribution is 0.236. The maximum Gasteiger partial charge on any atom is 0.214 e. The number of fused-ring (bicyclic) bond motifs is 1. The van der Waals surface area contributed by atoms with E-state index in [1.807, 2.05) is 42.7 Å². The first-order valence-electron chi connectivity index (χ1n) is 13.4. The first-order valence-corrected chi connectivity index (χ1v) is 13.4. The second-order valence-electron chi connectivity index (χ2n) is 10.9. The van der Waals surface area contributed by atoms with Crippen molar-refractivity contribution in [3.8, 4) is 17.3 Å². The van der Waals surface area contributed by atoms with Crippen molar-refractivity contribution < 1.29 is 4.74 Å². The zero-order chi connectivity index (χ0) is 26.1. The maximum absolute atomic E-state index is 5.25. The quantitative estimate of drug-likeness (QED) is 0.305. The number of ether oxygens (including phenoxy) is 1. The smallest absolute Gasteiger partial charge is 0.214 e. The van der Waals surface area contributed by atoms with E-state index >= 15 is 0 Å². The Labute approximate surface area is 222 Å². The molecule has 9 nitrogen and oxygen atoms in total. The summed E-state index contributed by atoms with van der Waals surface area (Å²) in [5.41, 5.74) is 3.09. The lowest BCUT2D eigenvalue weighted by Crippen LogP contribution is -2.49. The normalized spacial score (nSPS) is 19.1. The van der Waals surface area contributed by atoms with Crippen LogP contribution < -0.4 is 20.7 Å². The Morgan fingerprint density at radius 1 is 1.03 bits per heavy atom. The van der Waals surface area contributed by atoms with Gasteiger partial charge in [0.25, 0.3) is 0 Å². The minimum Gasteiger partial charge on any atom is -0.481 e. The number of rotatable bonds is 7. The van der Waals surface area contributed by atoms with Crippen LogP contribution in [0.3, 0.4) is 0 Å². The predicted octanol–water partition coefficient (Wildman–Crippen LogP) is 5.30. The fourth-order valence-electron chi connectivity index (χ4n) is 5.34. The molecule has 9 heteroatoms. The zero-order valence-electron chi connectivity index (χ0n) is 22.2. The van der Waals surface area contributed by atoms with E-state index in [4.69, 9.17) is 14.7 Å².